The fourth-order valence-corrected chi connectivity index (χ4v) is 1.72. The lowest BCUT2D eigenvalue weighted by Crippen LogP contribution is -2.12. The monoisotopic (exact) mass is 327 g/mol. The van der Waals surface area contributed by atoms with E-state index in [-0.39, 0.29) is 16.6 Å². The van der Waals surface area contributed by atoms with E-state index in [1.807, 2.05) is 0 Å². The number of nitrogens with two attached hydrogens (primary N) is 1. The first-order valence-electron chi connectivity index (χ1n) is 4.82. The topological polar surface area (TPSA) is 61.0 Å². The number of ether oxygens (including phenoxy) is 1. The molecule has 0 aliphatic carbocycles. The molecule has 0 atom stereocenters. The van der Waals surface area contributed by atoms with Gasteiger partial charge in [0.1, 0.15) is 16.6 Å². The van der Waals surface area contributed by atoms with Gasteiger partial charge >= 0.3 is 0 Å². The zero-order valence-electron chi connectivity index (χ0n) is 8.93. The van der Waals surface area contributed by atoms with Crippen molar-refractivity contribution >= 4 is 33.1 Å². The highest BCUT2D eigenvalue weighted by Crippen LogP contribution is 2.30. The highest BCUT2D eigenvalue weighted by Gasteiger charge is 2.11. The van der Waals surface area contributed by atoms with E-state index in [9.17, 15) is 4.39 Å². The number of aromatic nitrogens is 2. The normalized spacial score (nSPS) is 10.1. The van der Waals surface area contributed by atoms with Gasteiger partial charge < -0.3 is 10.5 Å². The van der Waals surface area contributed by atoms with Gasteiger partial charge in [-0.3, -0.25) is 0 Å². The van der Waals surface area contributed by atoms with Crippen molar-refractivity contribution in [3.8, 4) is 11.6 Å². The Balaban J connectivity index is 2.40. The van der Waals surface area contributed by atoms with Gasteiger partial charge in [-0.05, 0) is 34.1 Å². The SMILES string of the molecule is NC(=S)c1ccnnc1Oc1cc(F)ccc1Br. The molecule has 2 N–H and O–H groups in total. The van der Waals surface area contributed by atoms with E-state index < -0.39 is 5.82 Å². The fraction of sp³-hybridized carbons (Fsp3) is 0. The molecule has 0 radical (unpaired) electrons. The Kier molecular flexibility index (Phi) is 3.83. The van der Waals surface area contributed by atoms with Crippen LogP contribution in [-0.2, 0) is 0 Å². The first-order chi connectivity index (χ1) is 8.58. The Bertz CT molecular complexity index is 609. The molecule has 2 rings (SSSR count). The lowest BCUT2D eigenvalue weighted by Gasteiger charge is -2.09. The van der Waals surface area contributed by atoms with Crippen molar-refractivity contribution < 1.29 is 9.13 Å². The third-order valence-corrected chi connectivity index (χ3v) is 2.93. The summed E-state index contributed by atoms with van der Waals surface area (Å²) in [4.78, 5) is 0.132. The van der Waals surface area contributed by atoms with Crippen molar-refractivity contribution in [3.05, 3.63) is 46.3 Å². The molecule has 2 aromatic rings. The maximum absolute atomic E-state index is 13.1. The number of nitrogens with zero attached hydrogens (tertiary/aromatic N) is 2. The predicted molar refractivity (Wildman–Crippen MR) is 72.1 cm³/mol. The molecule has 1 aromatic carbocycles. The van der Waals surface area contributed by atoms with E-state index in [0.717, 1.165) is 0 Å². The van der Waals surface area contributed by atoms with Crippen LogP contribution in [0.2, 0.25) is 0 Å². The minimum Gasteiger partial charge on any atom is -0.436 e. The van der Waals surface area contributed by atoms with Gasteiger partial charge in [-0.1, -0.05) is 12.2 Å². The first-order valence-corrected chi connectivity index (χ1v) is 6.02. The van der Waals surface area contributed by atoms with E-state index in [4.69, 9.17) is 22.7 Å². The molecular formula is C11H7BrFN3OS. The van der Waals surface area contributed by atoms with E-state index in [1.54, 1.807) is 6.07 Å². The van der Waals surface area contributed by atoms with Crippen molar-refractivity contribution in [2.45, 2.75) is 0 Å². The average molecular weight is 328 g/mol. The second-order valence-corrected chi connectivity index (χ2v) is 4.59. The number of thiocarbonyl (C=S) groups is 1. The molecular weight excluding hydrogens is 321 g/mol. The molecule has 92 valence electrons. The minimum absolute atomic E-state index is 0.132. The van der Waals surface area contributed by atoms with E-state index in [1.165, 1.54) is 24.4 Å². The number of benzene rings is 1. The largest absolute Gasteiger partial charge is 0.436 e. The Hall–Kier alpha value is -1.60. The van der Waals surface area contributed by atoms with Gasteiger partial charge in [0.2, 0.25) is 5.88 Å². The van der Waals surface area contributed by atoms with Crippen LogP contribution in [0.15, 0.2) is 34.9 Å². The van der Waals surface area contributed by atoms with Crippen LogP contribution in [0.3, 0.4) is 0 Å². The molecule has 0 amide bonds. The molecule has 0 aliphatic heterocycles. The minimum atomic E-state index is -0.422. The van der Waals surface area contributed by atoms with E-state index in [2.05, 4.69) is 26.1 Å². The van der Waals surface area contributed by atoms with Crippen LogP contribution in [0.5, 0.6) is 11.6 Å². The summed E-state index contributed by atoms with van der Waals surface area (Å²) in [5, 5.41) is 7.46. The summed E-state index contributed by atoms with van der Waals surface area (Å²) in [7, 11) is 0. The zero-order valence-corrected chi connectivity index (χ0v) is 11.3. The van der Waals surface area contributed by atoms with Gasteiger partial charge in [0.05, 0.1) is 16.2 Å². The molecule has 0 saturated heterocycles. The third kappa shape index (κ3) is 2.80. The van der Waals surface area contributed by atoms with Crippen LogP contribution in [-0.4, -0.2) is 15.2 Å². The summed E-state index contributed by atoms with van der Waals surface area (Å²) < 4.78 is 19.2. The molecule has 0 aliphatic rings. The molecule has 0 spiro atoms. The van der Waals surface area contributed by atoms with Crippen molar-refractivity contribution in [3.63, 3.8) is 0 Å². The molecule has 0 bridgehead atoms. The van der Waals surface area contributed by atoms with E-state index >= 15 is 0 Å². The Morgan fingerprint density at radius 3 is 2.89 bits per heavy atom. The summed E-state index contributed by atoms with van der Waals surface area (Å²) in [5.74, 6) is -0.0155. The van der Waals surface area contributed by atoms with Crippen LogP contribution >= 0.6 is 28.1 Å². The Morgan fingerprint density at radius 2 is 2.17 bits per heavy atom. The first kappa shape index (κ1) is 12.8. The Morgan fingerprint density at radius 1 is 1.39 bits per heavy atom. The maximum atomic E-state index is 13.1. The van der Waals surface area contributed by atoms with Gasteiger partial charge in [-0.25, -0.2) is 4.39 Å². The molecule has 7 heteroatoms. The standard InChI is InChI=1S/C11H7BrFN3OS/c12-8-2-1-6(13)5-9(8)17-11-7(10(14)18)3-4-15-16-11/h1-5H,(H2,14,18). The third-order valence-electron chi connectivity index (χ3n) is 2.05. The van der Waals surface area contributed by atoms with E-state index in [0.29, 0.717) is 10.0 Å². The van der Waals surface area contributed by atoms with Crippen LogP contribution < -0.4 is 10.5 Å². The molecule has 1 heterocycles. The number of halogens is 2. The van der Waals surface area contributed by atoms with Crippen LogP contribution in [0.1, 0.15) is 5.56 Å². The van der Waals surface area contributed by atoms with Gasteiger partial charge in [0, 0.05) is 6.07 Å². The van der Waals surface area contributed by atoms with Gasteiger partial charge in [-0.2, -0.15) is 5.10 Å². The van der Waals surface area contributed by atoms with Crippen molar-refractivity contribution in [1.82, 2.24) is 10.2 Å². The average Bonchev–Trinajstić information content (AvgIpc) is 2.34. The predicted octanol–water partition coefficient (Wildman–Crippen LogP) is 2.80. The van der Waals surface area contributed by atoms with Gasteiger partial charge in [0.15, 0.2) is 0 Å². The smallest absolute Gasteiger partial charge is 0.249 e. The number of hydrogen-bond donors (Lipinski definition) is 1. The van der Waals surface area contributed by atoms with Crippen LogP contribution in [0.25, 0.3) is 0 Å². The van der Waals surface area contributed by atoms with Crippen LogP contribution in [0, 0.1) is 5.82 Å². The zero-order chi connectivity index (χ0) is 13.1. The quantitative estimate of drug-likeness (QED) is 0.878. The summed E-state index contributed by atoms with van der Waals surface area (Å²) >= 11 is 8.11. The highest BCUT2D eigenvalue weighted by molar-refractivity contribution is 9.10. The molecule has 1 aromatic heterocycles. The van der Waals surface area contributed by atoms with Gasteiger partial charge in [0.25, 0.3) is 0 Å². The molecule has 0 fully saturated rings. The summed E-state index contributed by atoms with van der Waals surface area (Å²) in [5.41, 5.74) is 5.97. The van der Waals surface area contributed by atoms with Crippen molar-refractivity contribution in [1.29, 1.82) is 0 Å². The molecule has 4 nitrogen and oxygen atoms in total. The number of hydrogen-bond acceptors (Lipinski definition) is 4. The van der Waals surface area contributed by atoms with Crippen molar-refractivity contribution in [2.75, 3.05) is 0 Å². The van der Waals surface area contributed by atoms with Crippen molar-refractivity contribution in [2.24, 2.45) is 5.73 Å². The highest BCUT2D eigenvalue weighted by atomic mass is 79.9. The number of rotatable bonds is 3. The lowest BCUT2D eigenvalue weighted by molar-refractivity contribution is 0.447. The second-order valence-electron chi connectivity index (χ2n) is 3.29. The lowest BCUT2D eigenvalue weighted by atomic mass is 10.3. The summed E-state index contributed by atoms with van der Waals surface area (Å²) in [6.07, 6.45) is 1.45. The van der Waals surface area contributed by atoms with Crippen LogP contribution in [0.4, 0.5) is 4.39 Å². The molecule has 0 saturated carbocycles. The second kappa shape index (κ2) is 5.36. The summed E-state index contributed by atoms with van der Waals surface area (Å²) in [6.45, 7) is 0. The molecule has 0 unspecified atom stereocenters. The summed E-state index contributed by atoms with van der Waals surface area (Å²) in [6, 6.07) is 5.64. The Labute approximate surface area is 116 Å². The molecule has 18 heavy (non-hydrogen) atoms. The van der Waals surface area contributed by atoms with Gasteiger partial charge in [-0.15, -0.1) is 5.10 Å². The maximum Gasteiger partial charge on any atom is 0.249 e. The fourth-order valence-electron chi connectivity index (χ4n) is 1.24.